The first kappa shape index (κ1) is 28.1. The van der Waals surface area contributed by atoms with Crippen LogP contribution in [-0.2, 0) is 28.0 Å². The molecule has 1 unspecified atom stereocenters. The zero-order chi connectivity index (χ0) is 20.3. The van der Waals surface area contributed by atoms with Crippen molar-refractivity contribution in [3.63, 3.8) is 0 Å². The molecule has 10 heteroatoms. The minimum absolute atomic E-state index is 0.0299. The van der Waals surface area contributed by atoms with Crippen LogP contribution in [0, 0.1) is 0 Å². The van der Waals surface area contributed by atoms with E-state index in [4.69, 9.17) is 29.6 Å². The van der Waals surface area contributed by atoms with Crippen LogP contribution in [0.4, 0.5) is 4.20 Å². The topological polar surface area (TPSA) is 109 Å². The van der Waals surface area contributed by atoms with Crippen LogP contribution in [-0.4, -0.2) is 70.4 Å². The normalized spacial score (nSPS) is 13.8. The van der Waals surface area contributed by atoms with Crippen molar-refractivity contribution in [3.8, 4) is 0 Å². The molecule has 0 radical (unpaired) electrons. The highest BCUT2D eigenvalue weighted by molar-refractivity contribution is 7.46. The Kier molecular flexibility index (Phi) is 19.7. The average molecular weight is 405 g/mol. The number of nitrogens with two attached hydrogens (primary N) is 1. The highest BCUT2D eigenvalue weighted by Gasteiger charge is 2.16. The van der Waals surface area contributed by atoms with Gasteiger partial charge < -0.3 is 24.7 Å². The first-order valence-electron chi connectivity index (χ1n) is 8.92. The van der Waals surface area contributed by atoms with E-state index in [9.17, 15) is 8.76 Å². The van der Waals surface area contributed by atoms with Crippen molar-refractivity contribution in [2.75, 3.05) is 60.0 Å². The van der Waals surface area contributed by atoms with Crippen LogP contribution in [0.15, 0.2) is 0 Å². The Labute approximate surface area is 157 Å². The van der Waals surface area contributed by atoms with Crippen LogP contribution < -0.4 is 5.73 Å². The van der Waals surface area contributed by atoms with Crippen molar-refractivity contribution in [3.05, 3.63) is 0 Å². The first-order chi connectivity index (χ1) is 12.2. The van der Waals surface area contributed by atoms with E-state index in [1.165, 1.54) is 0 Å². The van der Waals surface area contributed by atoms with E-state index in [0.29, 0.717) is 39.6 Å². The molecule has 0 aromatic carbocycles. The predicted molar refractivity (Wildman–Crippen MR) is 99.0 cm³/mol. The van der Waals surface area contributed by atoms with E-state index in [-0.39, 0.29) is 18.8 Å². The molecule has 0 fully saturated rings. The number of hydrogen-bond donors (Lipinski definition) is 2. The van der Waals surface area contributed by atoms with Crippen molar-refractivity contribution in [1.82, 2.24) is 0 Å². The Bertz CT molecular complexity index is 332. The SMILES string of the molecule is CCC(N)(CC)CC.COCCOCCOCCOCCOP(=O)(O)F. The van der Waals surface area contributed by atoms with Crippen LogP contribution in [0.5, 0.6) is 0 Å². The summed E-state index contributed by atoms with van der Waals surface area (Å²) in [6, 6.07) is 0. The van der Waals surface area contributed by atoms with Crippen LogP contribution in [0.1, 0.15) is 40.0 Å². The lowest BCUT2D eigenvalue weighted by Gasteiger charge is -2.23. The summed E-state index contributed by atoms with van der Waals surface area (Å²) in [7, 11) is -3.29. The van der Waals surface area contributed by atoms with Gasteiger partial charge in [-0.15, -0.1) is 4.20 Å². The van der Waals surface area contributed by atoms with Gasteiger partial charge in [-0.05, 0) is 19.3 Å². The number of rotatable bonds is 16. The van der Waals surface area contributed by atoms with Crippen molar-refractivity contribution in [2.45, 2.75) is 45.6 Å². The van der Waals surface area contributed by atoms with Gasteiger partial charge in [-0.25, -0.2) is 4.57 Å². The fraction of sp³-hybridized carbons (Fsp3) is 1.00. The lowest BCUT2D eigenvalue weighted by molar-refractivity contribution is -0.000643. The molecule has 160 valence electrons. The Balaban J connectivity index is 0. The van der Waals surface area contributed by atoms with Crippen LogP contribution in [0.25, 0.3) is 0 Å². The molecular formula is C16H37FNO7P. The van der Waals surface area contributed by atoms with Crippen molar-refractivity contribution >= 4 is 7.91 Å². The molecule has 0 saturated heterocycles. The third-order valence-electron chi connectivity index (χ3n) is 3.77. The van der Waals surface area contributed by atoms with E-state index in [1.54, 1.807) is 7.11 Å². The second-order valence-electron chi connectivity index (χ2n) is 5.54. The average Bonchev–Trinajstić information content (AvgIpc) is 2.61. The molecule has 3 N–H and O–H groups in total. The molecule has 0 bridgehead atoms. The Morgan fingerprint density at radius 2 is 1.19 bits per heavy atom. The Morgan fingerprint density at radius 1 is 0.846 bits per heavy atom. The lowest BCUT2D eigenvalue weighted by atomic mass is 9.92. The van der Waals surface area contributed by atoms with Gasteiger partial charge in [0.25, 0.3) is 0 Å². The predicted octanol–water partition coefficient (Wildman–Crippen LogP) is 2.68. The number of ether oxygens (including phenoxy) is 4. The molecule has 1 atom stereocenters. The number of halogens is 1. The molecule has 0 aliphatic carbocycles. The first-order valence-corrected chi connectivity index (χ1v) is 10.4. The maximum Gasteiger partial charge on any atom is 0.510 e. The lowest BCUT2D eigenvalue weighted by Crippen LogP contribution is -2.37. The molecule has 8 nitrogen and oxygen atoms in total. The molecule has 0 rings (SSSR count). The van der Waals surface area contributed by atoms with Crippen LogP contribution in [0.3, 0.4) is 0 Å². The van der Waals surface area contributed by atoms with E-state index >= 15 is 0 Å². The van der Waals surface area contributed by atoms with Gasteiger partial charge >= 0.3 is 7.91 Å². The fourth-order valence-corrected chi connectivity index (χ4v) is 1.94. The summed E-state index contributed by atoms with van der Waals surface area (Å²) >= 11 is 0. The molecule has 0 aliphatic rings. The van der Waals surface area contributed by atoms with Gasteiger partial charge in [0.1, 0.15) is 0 Å². The molecule has 0 amide bonds. The minimum Gasteiger partial charge on any atom is -0.382 e. The molecule has 26 heavy (non-hydrogen) atoms. The van der Waals surface area contributed by atoms with E-state index in [0.717, 1.165) is 19.3 Å². The smallest absolute Gasteiger partial charge is 0.382 e. The second-order valence-corrected chi connectivity index (χ2v) is 6.70. The van der Waals surface area contributed by atoms with E-state index in [1.807, 2.05) is 0 Å². The third-order valence-corrected chi connectivity index (χ3v) is 4.27. The van der Waals surface area contributed by atoms with Gasteiger partial charge in [0.2, 0.25) is 0 Å². The monoisotopic (exact) mass is 405 g/mol. The molecule has 0 saturated carbocycles. The summed E-state index contributed by atoms with van der Waals surface area (Å²) in [5, 5.41) is 0. The summed E-state index contributed by atoms with van der Waals surface area (Å²) in [5.41, 5.74) is 6.02. The second kappa shape index (κ2) is 18.3. The Hall–Kier alpha value is -0.120. The molecule has 0 aromatic heterocycles. The summed E-state index contributed by atoms with van der Waals surface area (Å²) in [6.45, 7) is 8.84. The van der Waals surface area contributed by atoms with Gasteiger partial charge in [-0.3, -0.25) is 9.42 Å². The summed E-state index contributed by atoms with van der Waals surface area (Å²) in [5.74, 6) is 0. The van der Waals surface area contributed by atoms with Gasteiger partial charge in [0.05, 0.1) is 52.9 Å². The molecule has 0 heterocycles. The molecular weight excluding hydrogens is 368 g/mol. The maximum absolute atomic E-state index is 12.0. The van der Waals surface area contributed by atoms with Crippen LogP contribution in [0.2, 0.25) is 0 Å². The quantitative estimate of drug-likeness (QED) is 0.298. The third kappa shape index (κ3) is 21.9. The minimum atomic E-state index is -4.88. The Morgan fingerprint density at radius 3 is 1.46 bits per heavy atom. The van der Waals surface area contributed by atoms with Gasteiger partial charge in [0, 0.05) is 12.6 Å². The fourth-order valence-electron chi connectivity index (χ4n) is 1.64. The van der Waals surface area contributed by atoms with Crippen molar-refractivity contribution < 1.29 is 37.1 Å². The highest BCUT2D eigenvalue weighted by Crippen LogP contribution is 2.42. The number of hydrogen-bond acceptors (Lipinski definition) is 7. The molecule has 0 spiro atoms. The molecule has 0 aromatic rings. The van der Waals surface area contributed by atoms with Gasteiger partial charge in [0.15, 0.2) is 0 Å². The van der Waals surface area contributed by atoms with Gasteiger partial charge in [-0.2, -0.15) is 0 Å². The number of methoxy groups -OCH3 is 1. The zero-order valence-corrected chi connectivity index (χ0v) is 17.5. The zero-order valence-electron chi connectivity index (χ0n) is 16.6. The van der Waals surface area contributed by atoms with E-state index < -0.39 is 7.91 Å². The highest BCUT2D eigenvalue weighted by atomic mass is 31.2. The van der Waals surface area contributed by atoms with Crippen molar-refractivity contribution in [1.29, 1.82) is 0 Å². The molecule has 0 aliphatic heterocycles. The maximum atomic E-state index is 12.0. The largest absolute Gasteiger partial charge is 0.510 e. The van der Waals surface area contributed by atoms with Crippen molar-refractivity contribution in [2.24, 2.45) is 5.73 Å². The summed E-state index contributed by atoms with van der Waals surface area (Å²) in [4.78, 5) is 8.14. The summed E-state index contributed by atoms with van der Waals surface area (Å²) < 4.78 is 46.0. The van der Waals surface area contributed by atoms with E-state index in [2.05, 4.69) is 25.3 Å². The van der Waals surface area contributed by atoms with Gasteiger partial charge in [-0.1, -0.05) is 20.8 Å². The summed E-state index contributed by atoms with van der Waals surface area (Å²) in [6.07, 6.45) is 3.29. The standard InChI is InChI=1S/C9H20FO7P.C7H17N/c1-13-2-3-14-4-5-15-6-7-16-8-9-17-18(10,11)12;1-4-7(8,5-2)6-3/h2-9H2,1H3,(H,11,12);4-6,8H2,1-3H3. The van der Waals surface area contributed by atoms with Crippen LogP contribution >= 0.6 is 7.91 Å².